The van der Waals surface area contributed by atoms with Crippen LogP contribution in [0.1, 0.15) is 24.9 Å². The van der Waals surface area contributed by atoms with Gasteiger partial charge in [0.15, 0.2) is 6.61 Å². The Kier molecular flexibility index (Phi) is 5.47. The van der Waals surface area contributed by atoms with Crippen molar-refractivity contribution >= 4 is 17.7 Å². The second-order valence-electron chi connectivity index (χ2n) is 3.85. The summed E-state index contributed by atoms with van der Waals surface area (Å²) in [6.07, 6.45) is -5.14. The Morgan fingerprint density at radius 3 is 2.68 bits per heavy atom. The van der Waals surface area contributed by atoms with Gasteiger partial charge in [0.1, 0.15) is 0 Å². The number of rotatable bonds is 4. The van der Waals surface area contributed by atoms with E-state index < -0.39 is 24.9 Å². The summed E-state index contributed by atoms with van der Waals surface area (Å²) in [5.74, 6) is 0. The molecule has 1 aromatic rings. The van der Waals surface area contributed by atoms with Crippen molar-refractivity contribution in [3.63, 3.8) is 0 Å². The molecule has 0 bridgehead atoms. The summed E-state index contributed by atoms with van der Waals surface area (Å²) in [6, 6.07) is 6.28. The molecule has 0 spiro atoms. The van der Waals surface area contributed by atoms with Crippen LogP contribution >= 0.6 is 11.6 Å². The fourth-order valence-corrected chi connectivity index (χ4v) is 1.67. The summed E-state index contributed by atoms with van der Waals surface area (Å²) in [7, 11) is 0. The van der Waals surface area contributed by atoms with E-state index in [1.165, 1.54) is 0 Å². The Hall–Kier alpha value is -1.43. The van der Waals surface area contributed by atoms with Crippen LogP contribution in [0.15, 0.2) is 24.3 Å². The third-order valence-electron chi connectivity index (χ3n) is 2.32. The molecule has 0 aliphatic carbocycles. The van der Waals surface area contributed by atoms with E-state index in [1.54, 1.807) is 31.2 Å². The highest BCUT2D eigenvalue weighted by Gasteiger charge is 2.30. The van der Waals surface area contributed by atoms with Gasteiger partial charge in [0.05, 0.1) is 6.04 Å². The molecule has 0 aliphatic heterocycles. The van der Waals surface area contributed by atoms with Gasteiger partial charge < -0.3 is 10.1 Å². The lowest BCUT2D eigenvalue weighted by molar-refractivity contribution is -0.160. The Labute approximate surface area is 113 Å². The molecule has 0 radical (unpaired) electrons. The average Bonchev–Trinajstić information content (AvgIpc) is 2.32. The predicted octanol–water partition coefficient (Wildman–Crippen LogP) is 4.08. The van der Waals surface area contributed by atoms with Gasteiger partial charge in [0.25, 0.3) is 0 Å². The fraction of sp³-hybridized carbons (Fsp3) is 0.417. The standard InChI is InChI=1S/C12H13ClF3NO2/c1-2-10(8-4-3-5-9(13)6-8)17-11(18)19-7-12(14,15)16/h3-6,10H,2,7H2,1H3,(H,17,18). The van der Waals surface area contributed by atoms with Gasteiger partial charge >= 0.3 is 12.3 Å². The molecule has 1 N–H and O–H groups in total. The maximum atomic E-state index is 11.9. The number of benzene rings is 1. The molecule has 1 aromatic carbocycles. The Bertz CT molecular complexity index is 437. The van der Waals surface area contributed by atoms with Gasteiger partial charge in [-0.3, -0.25) is 0 Å². The van der Waals surface area contributed by atoms with Gasteiger partial charge in [0.2, 0.25) is 0 Å². The van der Waals surface area contributed by atoms with Gasteiger partial charge in [-0.05, 0) is 24.1 Å². The quantitative estimate of drug-likeness (QED) is 0.909. The summed E-state index contributed by atoms with van der Waals surface area (Å²) in [5, 5.41) is 2.85. The first-order valence-corrected chi connectivity index (χ1v) is 5.95. The van der Waals surface area contributed by atoms with Crippen LogP contribution in [0, 0.1) is 0 Å². The Morgan fingerprint density at radius 2 is 2.16 bits per heavy atom. The van der Waals surface area contributed by atoms with Crippen LogP contribution in [0.5, 0.6) is 0 Å². The van der Waals surface area contributed by atoms with Crippen molar-refractivity contribution in [2.24, 2.45) is 0 Å². The second kappa shape index (κ2) is 6.65. The van der Waals surface area contributed by atoms with Gasteiger partial charge in [-0.2, -0.15) is 13.2 Å². The second-order valence-corrected chi connectivity index (χ2v) is 4.29. The summed E-state index contributed by atoms with van der Waals surface area (Å²) >= 11 is 5.81. The molecule has 106 valence electrons. The predicted molar refractivity (Wildman–Crippen MR) is 65.0 cm³/mol. The summed E-state index contributed by atoms with van der Waals surface area (Å²) in [5.41, 5.74) is 0.707. The maximum Gasteiger partial charge on any atom is 0.422 e. The molecule has 0 heterocycles. The number of carbonyl (C=O) groups is 1. The summed E-state index contributed by atoms with van der Waals surface area (Å²) in [4.78, 5) is 11.3. The molecular weight excluding hydrogens is 283 g/mol. The van der Waals surface area contributed by atoms with Crippen molar-refractivity contribution in [2.45, 2.75) is 25.6 Å². The first-order valence-electron chi connectivity index (χ1n) is 5.57. The van der Waals surface area contributed by atoms with Crippen molar-refractivity contribution in [3.05, 3.63) is 34.9 Å². The lowest BCUT2D eigenvalue weighted by Gasteiger charge is -2.18. The van der Waals surface area contributed by atoms with Crippen LogP contribution in [0.25, 0.3) is 0 Å². The molecule has 1 atom stereocenters. The van der Waals surface area contributed by atoms with E-state index in [4.69, 9.17) is 11.6 Å². The van der Waals surface area contributed by atoms with Crippen molar-refractivity contribution < 1.29 is 22.7 Å². The number of hydrogen-bond donors (Lipinski definition) is 1. The first-order chi connectivity index (χ1) is 8.81. The van der Waals surface area contributed by atoms with Crippen LogP contribution in [0.3, 0.4) is 0 Å². The molecule has 0 aromatic heterocycles. The average molecular weight is 296 g/mol. The van der Waals surface area contributed by atoms with Gasteiger partial charge in [0, 0.05) is 5.02 Å². The normalized spacial score (nSPS) is 12.9. The third-order valence-corrected chi connectivity index (χ3v) is 2.55. The minimum Gasteiger partial charge on any atom is -0.440 e. The van der Waals surface area contributed by atoms with E-state index in [1.807, 2.05) is 0 Å². The molecule has 7 heteroatoms. The third kappa shape index (κ3) is 5.83. The number of hydrogen-bond acceptors (Lipinski definition) is 2. The highest BCUT2D eigenvalue weighted by molar-refractivity contribution is 6.30. The minimum absolute atomic E-state index is 0.445. The van der Waals surface area contributed by atoms with E-state index in [0.717, 1.165) is 0 Å². The number of halogens is 4. The zero-order valence-electron chi connectivity index (χ0n) is 10.1. The lowest BCUT2D eigenvalue weighted by atomic mass is 10.1. The molecule has 1 rings (SSSR count). The van der Waals surface area contributed by atoms with E-state index in [9.17, 15) is 18.0 Å². The topological polar surface area (TPSA) is 38.3 Å². The first kappa shape index (κ1) is 15.6. The van der Waals surface area contributed by atoms with E-state index in [-0.39, 0.29) is 0 Å². The fourth-order valence-electron chi connectivity index (χ4n) is 1.48. The Morgan fingerprint density at radius 1 is 1.47 bits per heavy atom. The van der Waals surface area contributed by atoms with Gasteiger partial charge in [-0.25, -0.2) is 4.79 Å². The van der Waals surface area contributed by atoms with Crippen LogP contribution in [0.4, 0.5) is 18.0 Å². The molecule has 3 nitrogen and oxygen atoms in total. The maximum absolute atomic E-state index is 11.9. The van der Waals surface area contributed by atoms with Crippen molar-refractivity contribution in [1.82, 2.24) is 5.32 Å². The van der Waals surface area contributed by atoms with E-state index in [0.29, 0.717) is 17.0 Å². The van der Waals surface area contributed by atoms with E-state index >= 15 is 0 Å². The SMILES string of the molecule is CCC(NC(=O)OCC(F)(F)F)c1cccc(Cl)c1. The molecule has 0 aliphatic rings. The van der Waals surface area contributed by atoms with Crippen molar-refractivity contribution in [3.8, 4) is 0 Å². The smallest absolute Gasteiger partial charge is 0.422 e. The number of alkyl halides is 3. The van der Waals surface area contributed by atoms with Crippen molar-refractivity contribution in [1.29, 1.82) is 0 Å². The zero-order chi connectivity index (χ0) is 14.5. The molecule has 0 fully saturated rings. The molecule has 19 heavy (non-hydrogen) atoms. The summed E-state index contributed by atoms with van der Waals surface area (Å²) in [6.45, 7) is 0.181. The molecule has 1 amide bonds. The van der Waals surface area contributed by atoms with Crippen LogP contribution in [0.2, 0.25) is 5.02 Å². The lowest BCUT2D eigenvalue weighted by Crippen LogP contribution is -2.31. The minimum atomic E-state index is -4.53. The van der Waals surface area contributed by atoms with Crippen LogP contribution in [-0.2, 0) is 4.74 Å². The van der Waals surface area contributed by atoms with Crippen LogP contribution in [-0.4, -0.2) is 18.9 Å². The van der Waals surface area contributed by atoms with Crippen molar-refractivity contribution in [2.75, 3.05) is 6.61 Å². The Balaban J connectivity index is 2.60. The molecule has 0 saturated carbocycles. The highest BCUT2D eigenvalue weighted by Crippen LogP contribution is 2.21. The monoisotopic (exact) mass is 295 g/mol. The largest absolute Gasteiger partial charge is 0.440 e. The number of carbonyl (C=O) groups excluding carboxylic acids is 1. The molecule has 1 unspecified atom stereocenters. The number of ether oxygens (including phenoxy) is 1. The molecule has 0 saturated heterocycles. The summed E-state index contributed by atoms with van der Waals surface area (Å²) < 4.78 is 39.7. The molecular formula is C12H13ClF3NO2. The van der Waals surface area contributed by atoms with Crippen LogP contribution < -0.4 is 5.32 Å². The number of amides is 1. The van der Waals surface area contributed by atoms with Gasteiger partial charge in [-0.1, -0.05) is 30.7 Å². The number of alkyl carbamates (subject to hydrolysis) is 1. The number of nitrogens with one attached hydrogen (secondary N) is 1. The van der Waals surface area contributed by atoms with E-state index in [2.05, 4.69) is 10.1 Å². The van der Waals surface area contributed by atoms with Gasteiger partial charge in [-0.15, -0.1) is 0 Å². The highest BCUT2D eigenvalue weighted by atomic mass is 35.5. The zero-order valence-corrected chi connectivity index (χ0v) is 10.9.